The fourth-order valence-corrected chi connectivity index (χ4v) is 4.54. The van der Waals surface area contributed by atoms with Gasteiger partial charge >= 0.3 is 0 Å². The van der Waals surface area contributed by atoms with E-state index in [1.165, 1.54) is 0 Å². The maximum Gasteiger partial charge on any atom is 0.256 e. The van der Waals surface area contributed by atoms with Gasteiger partial charge in [0.2, 0.25) is 17.5 Å². The van der Waals surface area contributed by atoms with Crippen molar-refractivity contribution in [2.75, 3.05) is 30.9 Å². The molecule has 0 bridgehead atoms. The summed E-state index contributed by atoms with van der Waals surface area (Å²) in [6, 6.07) is 1.54. The Hall–Kier alpha value is -4.19. The SMILES string of the molecule is CN(C)c1cc(NC(=O)CNC(C)(C)C)c(O)c2c1CC(CC1=C(O)C(=O)C(C(N)=O)=C(O)C1=O)CC2=O. The van der Waals surface area contributed by atoms with Crippen molar-refractivity contribution in [3.05, 3.63) is 39.9 Å². The van der Waals surface area contributed by atoms with Crippen LogP contribution in [-0.4, -0.2) is 70.7 Å². The molecule has 0 saturated heterocycles. The molecule has 2 amide bonds. The highest BCUT2D eigenvalue weighted by Crippen LogP contribution is 2.44. The summed E-state index contributed by atoms with van der Waals surface area (Å²) in [6.45, 7) is 5.68. The number of phenols is 1. The summed E-state index contributed by atoms with van der Waals surface area (Å²) in [5, 5.41) is 37.0. The van der Waals surface area contributed by atoms with Crippen LogP contribution >= 0.6 is 0 Å². The fraction of sp³-hybridized carbons (Fsp3) is 0.423. The predicted octanol–water partition coefficient (Wildman–Crippen LogP) is 1.18. The molecule has 1 aromatic carbocycles. The summed E-state index contributed by atoms with van der Waals surface area (Å²) in [4.78, 5) is 63.8. The second kappa shape index (κ2) is 10.3. The van der Waals surface area contributed by atoms with Gasteiger partial charge in [-0.3, -0.25) is 24.0 Å². The molecular formula is C26H32N4O8. The lowest BCUT2D eigenvalue weighted by Gasteiger charge is -2.30. The molecule has 1 unspecified atom stereocenters. The Balaban J connectivity index is 1.93. The summed E-state index contributed by atoms with van der Waals surface area (Å²) in [7, 11) is 3.44. The van der Waals surface area contributed by atoms with Gasteiger partial charge in [-0.2, -0.15) is 0 Å². The van der Waals surface area contributed by atoms with Gasteiger partial charge in [0.15, 0.2) is 17.3 Å². The van der Waals surface area contributed by atoms with Crippen molar-refractivity contribution in [3.8, 4) is 5.75 Å². The molecule has 1 aromatic rings. The maximum absolute atomic E-state index is 13.2. The van der Waals surface area contributed by atoms with Crippen LogP contribution < -0.4 is 21.3 Å². The van der Waals surface area contributed by atoms with Crippen LogP contribution in [0.15, 0.2) is 28.7 Å². The van der Waals surface area contributed by atoms with Crippen LogP contribution in [0.5, 0.6) is 5.75 Å². The normalized spacial score (nSPS) is 18.0. The first-order valence-electron chi connectivity index (χ1n) is 11.9. The molecule has 38 heavy (non-hydrogen) atoms. The summed E-state index contributed by atoms with van der Waals surface area (Å²) >= 11 is 0. The average molecular weight is 529 g/mol. The summed E-state index contributed by atoms with van der Waals surface area (Å²) in [5.41, 5.74) is 4.43. The summed E-state index contributed by atoms with van der Waals surface area (Å²) in [5.74, 6) is -7.72. The quantitative estimate of drug-likeness (QED) is 0.170. The second-order valence-electron chi connectivity index (χ2n) is 10.7. The Kier molecular flexibility index (Phi) is 7.68. The number of aliphatic hydroxyl groups excluding tert-OH is 2. The number of fused-ring (bicyclic) bond motifs is 1. The lowest BCUT2D eigenvalue weighted by molar-refractivity contribution is -0.124. The fourth-order valence-electron chi connectivity index (χ4n) is 4.54. The van der Waals surface area contributed by atoms with Crippen LogP contribution in [0.2, 0.25) is 0 Å². The van der Waals surface area contributed by atoms with E-state index in [1.54, 1.807) is 25.1 Å². The van der Waals surface area contributed by atoms with E-state index in [-0.39, 0.29) is 48.3 Å². The topological polar surface area (TPSA) is 199 Å². The number of anilines is 2. The molecule has 2 aliphatic carbocycles. The van der Waals surface area contributed by atoms with Gasteiger partial charge in [-0.05, 0) is 51.2 Å². The van der Waals surface area contributed by atoms with Gasteiger partial charge in [-0.15, -0.1) is 0 Å². The average Bonchev–Trinajstić information content (AvgIpc) is 2.80. The van der Waals surface area contributed by atoms with Crippen molar-refractivity contribution in [1.82, 2.24) is 5.32 Å². The number of nitrogens with zero attached hydrogens (tertiary/aromatic N) is 1. The molecule has 0 heterocycles. The van der Waals surface area contributed by atoms with E-state index < -0.39 is 57.7 Å². The zero-order valence-corrected chi connectivity index (χ0v) is 21.9. The van der Waals surface area contributed by atoms with Crippen molar-refractivity contribution in [2.45, 2.75) is 45.6 Å². The first kappa shape index (κ1) is 28.4. The van der Waals surface area contributed by atoms with Gasteiger partial charge < -0.3 is 36.6 Å². The van der Waals surface area contributed by atoms with Crippen molar-refractivity contribution in [3.63, 3.8) is 0 Å². The highest BCUT2D eigenvalue weighted by Gasteiger charge is 2.40. The number of hydrogen-bond donors (Lipinski definition) is 6. The molecule has 12 nitrogen and oxygen atoms in total. The summed E-state index contributed by atoms with van der Waals surface area (Å²) < 4.78 is 0. The number of Topliss-reactive ketones (excluding diaryl/α,β-unsaturated/α-hetero) is 3. The number of benzene rings is 1. The Morgan fingerprint density at radius 3 is 2.24 bits per heavy atom. The molecule has 1 atom stereocenters. The van der Waals surface area contributed by atoms with Gasteiger partial charge in [-0.25, -0.2) is 0 Å². The Labute approximate surface area is 219 Å². The molecule has 0 spiro atoms. The number of hydrogen-bond acceptors (Lipinski definition) is 10. The minimum atomic E-state index is -1.35. The molecule has 0 saturated carbocycles. The van der Waals surface area contributed by atoms with E-state index in [9.17, 15) is 39.3 Å². The Bertz CT molecular complexity index is 1320. The number of aliphatic hydroxyl groups is 2. The molecule has 2 aliphatic rings. The van der Waals surface area contributed by atoms with Crippen molar-refractivity contribution in [2.24, 2.45) is 11.7 Å². The number of primary amides is 1. The van der Waals surface area contributed by atoms with E-state index in [4.69, 9.17) is 5.73 Å². The van der Waals surface area contributed by atoms with E-state index in [2.05, 4.69) is 10.6 Å². The molecule has 0 aromatic heterocycles. The molecule has 7 N–H and O–H groups in total. The van der Waals surface area contributed by atoms with Crippen molar-refractivity contribution >= 4 is 40.5 Å². The number of allylic oxidation sites excluding steroid dienone is 2. The number of ketones is 3. The van der Waals surface area contributed by atoms with E-state index >= 15 is 0 Å². The Morgan fingerprint density at radius 1 is 1.05 bits per heavy atom. The number of amides is 2. The number of phenolic OH excluding ortho intramolecular Hbond substituents is 1. The standard InChI is InChI=1S/C26H32N4O8/c1-26(2,3)28-10-17(32)29-14-9-15(30(4)5)12-6-11(8-16(31)18(12)22(14)35)7-13-20(33)23(36)19(25(27)38)24(37)21(13)34/h9,11,28,33,35,37H,6-8,10H2,1-5H3,(H2,27,38)(H,29,32). The zero-order chi connectivity index (χ0) is 28.7. The van der Waals surface area contributed by atoms with Crippen LogP contribution in [0.3, 0.4) is 0 Å². The van der Waals surface area contributed by atoms with Crippen LogP contribution in [-0.2, 0) is 25.6 Å². The molecule has 12 heteroatoms. The maximum atomic E-state index is 13.2. The third-order valence-electron chi connectivity index (χ3n) is 6.36. The van der Waals surface area contributed by atoms with Crippen LogP contribution in [0.1, 0.15) is 49.5 Å². The van der Waals surface area contributed by atoms with E-state index in [1.807, 2.05) is 20.8 Å². The lowest BCUT2D eigenvalue weighted by Crippen LogP contribution is -2.41. The zero-order valence-electron chi connectivity index (χ0n) is 21.9. The second-order valence-corrected chi connectivity index (χ2v) is 10.7. The van der Waals surface area contributed by atoms with E-state index in [0.29, 0.717) is 11.3 Å². The van der Waals surface area contributed by atoms with Gasteiger partial charge in [0, 0.05) is 37.3 Å². The molecular weight excluding hydrogens is 496 g/mol. The highest BCUT2D eigenvalue weighted by atomic mass is 16.3. The van der Waals surface area contributed by atoms with Gasteiger partial charge in [0.05, 0.1) is 17.8 Å². The molecule has 0 radical (unpaired) electrons. The number of nitrogens with one attached hydrogen (secondary N) is 2. The van der Waals surface area contributed by atoms with Crippen LogP contribution in [0, 0.1) is 5.92 Å². The first-order valence-corrected chi connectivity index (χ1v) is 11.9. The number of nitrogens with two attached hydrogens (primary N) is 1. The largest absolute Gasteiger partial charge is 0.505 e. The first-order chi connectivity index (χ1) is 17.5. The van der Waals surface area contributed by atoms with Crippen LogP contribution in [0.25, 0.3) is 0 Å². The number of aromatic hydroxyl groups is 1. The Morgan fingerprint density at radius 2 is 1.68 bits per heavy atom. The lowest BCUT2D eigenvalue weighted by atomic mass is 9.76. The highest BCUT2D eigenvalue weighted by molar-refractivity contribution is 6.33. The molecule has 204 valence electrons. The van der Waals surface area contributed by atoms with Crippen molar-refractivity contribution in [1.29, 1.82) is 0 Å². The van der Waals surface area contributed by atoms with Gasteiger partial charge in [0.25, 0.3) is 5.91 Å². The monoisotopic (exact) mass is 528 g/mol. The summed E-state index contributed by atoms with van der Waals surface area (Å²) in [6.07, 6.45) is -0.225. The van der Waals surface area contributed by atoms with Gasteiger partial charge in [-0.1, -0.05) is 0 Å². The molecule has 3 rings (SSSR count). The van der Waals surface area contributed by atoms with E-state index in [0.717, 1.165) is 0 Å². The minimum absolute atomic E-state index is 0.0164. The third-order valence-corrected chi connectivity index (χ3v) is 6.36. The smallest absolute Gasteiger partial charge is 0.256 e. The molecule has 0 aliphatic heterocycles. The predicted molar refractivity (Wildman–Crippen MR) is 138 cm³/mol. The van der Waals surface area contributed by atoms with Gasteiger partial charge in [0.1, 0.15) is 11.3 Å². The van der Waals surface area contributed by atoms with Crippen molar-refractivity contribution < 1.29 is 39.3 Å². The minimum Gasteiger partial charge on any atom is -0.505 e. The molecule has 0 fully saturated rings. The number of rotatable bonds is 7. The number of carbonyl (C=O) groups excluding carboxylic acids is 5. The third kappa shape index (κ3) is 5.54. The number of carbonyl (C=O) groups is 5. The van der Waals surface area contributed by atoms with Crippen LogP contribution in [0.4, 0.5) is 11.4 Å².